The summed E-state index contributed by atoms with van der Waals surface area (Å²) in [4.78, 5) is 0. The van der Waals surface area contributed by atoms with Crippen LogP contribution < -0.4 is 0 Å². The van der Waals surface area contributed by atoms with Gasteiger partial charge in [0.2, 0.25) is 0 Å². The molecule has 25 heavy (non-hydrogen) atoms. The van der Waals surface area contributed by atoms with Gasteiger partial charge >= 0.3 is 0 Å². The highest BCUT2D eigenvalue weighted by molar-refractivity contribution is 4.34. The van der Waals surface area contributed by atoms with Gasteiger partial charge in [0.1, 0.15) is 0 Å². The number of aliphatic hydroxyl groups excluding tert-OH is 5. The second kappa shape index (κ2) is 31.6. The van der Waals surface area contributed by atoms with Crippen LogP contribution in [0, 0.1) is 29.6 Å². The molecule has 0 saturated heterocycles. The summed E-state index contributed by atoms with van der Waals surface area (Å²) in [5.74, 6) is 2.20. The van der Waals surface area contributed by atoms with Crippen LogP contribution >= 0.6 is 0 Å². The van der Waals surface area contributed by atoms with Gasteiger partial charge in [0, 0.05) is 33.0 Å². The Hall–Kier alpha value is -0.200. The molecule has 0 radical (unpaired) electrons. The zero-order valence-electron chi connectivity index (χ0n) is 18.7. The summed E-state index contributed by atoms with van der Waals surface area (Å²) in [5, 5.41) is 40.7. The third-order valence-corrected chi connectivity index (χ3v) is 1.83. The Balaban J connectivity index is -0.0000000667. The van der Waals surface area contributed by atoms with Crippen LogP contribution in [0.5, 0.6) is 0 Å². The first-order valence-corrected chi connectivity index (χ1v) is 9.40. The zero-order valence-corrected chi connectivity index (χ0v) is 18.7. The quantitative estimate of drug-likeness (QED) is 0.512. The highest BCUT2D eigenvalue weighted by atomic mass is 16.3. The van der Waals surface area contributed by atoms with E-state index in [-0.39, 0.29) is 0 Å². The van der Waals surface area contributed by atoms with Gasteiger partial charge in [0.05, 0.1) is 0 Å². The fraction of sp³-hybridized carbons (Fsp3) is 1.00. The maximum absolute atomic E-state index is 8.14. The lowest BCUT2D eigenvalue weighted by Gasteiger charge is -1.90. The fourth-order valence-corrected chi connectivity index (χ4v) is 0. The molecule has 0 bridgehead atoms. The van der Waals surface area contributed by atoms with E-state index in [4.69, 9.17) is 25.5 Å². The van der Waals surface area contributed by atoms with Crippen LogP contribution in [0.3, 0.4) is 0 Å². The Morgan fingerprint density at radius 3 is 0.360 bits per heavy atom. The summed E-state index contributed by atoms with van der Waals surface area (Å²) >= 11 is 0. The van der Waals surface area contributed by atoms with Crippen molar-refractivity contribution in [2.75, 3.05) is 33.0 Å². The van der Waals surface area contributed by atoms with Crippen molar-refractivity contribution in [3.63, 3.8) is 0 Å². The van der Waals surface area contributed by atoms with Gasteiger partial charge in [-0.1, -0.05) is 69.2 Å². The standard InChI is InChI=1S/5C4H10O/c5*1-4(2)3-5/h5*4-5H,3H2,1-2H3. The number of rotatable bonds is 5. The summed E-state index contributed by atoms with van der Waals surface area (Å²) in [6.45, 7) is 21.2. The topological polar surface area (TPSA) is 101 Å². The normalized spacial score (nSPS) is 9.60. The van der Waals surface area contributed by atoms with E-state index in [9.17, 15) is 0 Å². The smallest absolute Gasteiger partial charge is 0.0453 e. The number of hydrogen-bond donors (Lipinski definition) is 5. The van der Waals surface area contributed by atoms with Crippen molar-refractivity contribution >= 4 is 0 Å². The lowest BCUT2D eigenvalue weighted by Crippen LogP contribution is -1.90. The van der Waals surface area contributed by atoms with Gasteiger partial charge in [-0.2, -0.15) is 0 Å². The maximum atomic E-state index is 8.14. The Bertz CT molecular complexity index is 134. The third-order valence-electron chi connectivity index (χ3n) is 1.83. The van der Waals surface area contributed by atoms with Gasteiger partial charge in [-0.25, -0.2) is 0 Å². The van der Waals surface area contributed by atoms with Crippen LogP contribution in [-0.4, -0.2) is 58.6 Å². The molecule has 0 aromatic heterocycles. The molecule has 0 aromatic carbocycles. The van der Waals surface area contributed by atoms with Gasteiger partial charge in [-0.05, 0) is 29.6 Å². The van der Waals surface area contributed by atoms with Crippen LogP contribution in [0.4, 0.5) is 0 Å². The van der Waals surface area contributed by atoms with Crippen molar-refractivity contribution in [3.8, 4) is 0 Å². The molecule has 5 nitrogen and oxygen atoms in total. The van der Waals surface area contributed by atoms with Gasteiger partial charge in [0.15, 0.2) is 0 Å². The van der Waals surface area contributed by atoms with E-state index in [1.165, 1.54) is 0 Å². The minimum Gasteiger partial charge on any atom is -0.396 e. The average molecular weight is 371 g/mol. The van der Waals surface area contributed by atoms with Crippen LogP contribution in [0.1, 0.15) is 69.2 Å². The Morgan fingerprint density at radius 2 is 0.360 bits per heavy atom. The van der Waals surface area contributed by atoms with Gasteiger partial charge < -0.3 is 25.5 Å². The highest BCUT2D eigenvalue weighted by Gasteiger charge is 1.83. The van der Waals surface area contributed by atoms with Crippen molar-refractivity contribution in [1.82, 2.24) is 0 Å². The molecule has 0 aliphatic carbocycles. The van der Waals surface area contributed by atoms with E-state index in [0.29, 0.717) is 62.6 Å². The molecule has 0 aliphatic rings. The van der Waals surface area contributed by atoms with Gasteiger partial charge in [0.25, 0.3) is 0 Å². The molecule has 0 atom stereocenters. The molecule has 0 rings (SSSR count). The Morgan fingerprint density at radius 1 is 0.320 bits per heavy atom. The predicted octanol–water partition coefficient (Wildman–Crippen LogP) is 3.17. The molecule has 0 fully saturated rings. The highest BCUT2D eigenvalue weighted by Crippen LogP contribution is 1.85. The van der Waals surface area contributed by atoms with E-state index < -0.39 is 0 Å². The van der Waals surface area contributed by atoms with E-state index in [1.54, 1.807) is 0 Å². The molecule has 0 aliphatic heterocycles. The van der Waals surface area contributed by atoms with Crippen molar-refractivity contribution in [3.05, 3.63) is 0 Å². The molecule has 5 N–H and O–H groups in total. The first-order chi connectivity index (χ1) is 11.4. The van der Waals surface area contributed by atoms with Crippen molar-refractivity contribution in [2.24, 2.45) is 29.6 Å². The molecule has 0 spiro atoms. The zero-order chi connectivity index (χ0) is 21.4. The van der Waals surface area contributed by atoms with E-state index in [1.807, 2.05) is 69.2 Å². The minimum absolute atomic E-state index is 0.306. The summed E-state index contributed by atoms with van der Waals surface area (Å²) in [7, 11) is 0. The van der Waals surface area contributed by atoms with Gasteiger partial charge in [-0.3, -0.25) is 0 Å². The van der Waals surface area contributed by atoms with E-state index in [2.05, 4.69) is 0 Å². The lowest BCUT2D eigenvalue weighted by atomic mass is 10.2. The molecule has 0 saturated carbocycles. The Labute approximate surface area is 158 Å². The largest absolute Gasteiger partial charge is 0.396 e. The average Bonchev–Trinajstić information content (AvgIpc) is 2.56. The van der Waals surface area contributed by atoms with Gasteiger partial charge in [-0.15, -0.1) is 0 Å². The summed E-state index contributed by atoms with van der Waals surface area (Å²) in [5.41, 5.74) is 0. The molecule has 0 heterocycles. The van der Waals surface area contributed by atoms with E-state index >= 15 is 0 Å². The summed E-state index contributed by atoms with van der Waals surface area (Å²) in [6.07, 6.45) is 0. The molecular formula is C20H50O5. The Kier molecular flexibility index (Phi) is 45.2. The minimum atomic E-state index is 0.306. The second-order valence-electron chi connectivity index (χ2n) is 7.88. The van der Waals surface area contributed by atoms with E-state index in [0.717, 1.165) is 0 Å². The molecule has 0 unspecified atom stereocenters. The molecule has 0 amide bonds. The lowest BCUT2D eigenvalue weighted by molar-refractivity contribution is 0.248. The molecule has 5 heteroatoms. The monoisotopic (exact) mass is 370 g/mol. The van der Waals surface area contributed by atoms with Crippen LogP contribution in [0.2, 0.25) is 0 Å². The van der Waals surface area contributed by atoms with Crippen molar-refractivity contribution < 1.29 is 25.5 Å². The number of aliphatic hydroxyl groups is 5. The second-order valence-corrected chi connectivity index (χ2v) is 7.88. The SMILES string of the molecule is CC(C)CO.CC(C)CO.CC(C)CO.CC(C)CO.CC(C)CO. The molecule has 160 valence electrons. The van der Waals surface area contributed by atoms with Crippen LogP contribution in [0.15, 0.2) is 0 Å². The summed E-state index contributed by atoms with van der Waals surface area (Å²) in [6, 6.07) is 0. The molecule has 0 aromatic rings. The summed E-state index contributed by atoms with van der Waals surface area (Å²) < 4.78 is 0. The third kappa shape index (κ3) is 118. The van der Waals surface area contributed by atoms with Crippen LogP contribution in [-0.2, 0) is 0 Å². The molecular weight excluding hydrogens is 320 g/mol. The number of hydrogen-bond acceptors (Lipinski definition) is 5. The van der Waals surface area contributed by atoms with Crippen LogP contribution in [0.25, 0.3) is 0 Å². The van der Waals surface area contributed by atoms with Crippen molar-refractivity contribution in [2.45, 2.75) is 69.2 Å². The maximum Gasteiger partial charge on any atom is 0.0453 e. The first kappa shape index (κ1) is 35.8. The predicted molar refractivity (Wildman–Crippen MR) is 110 cm³/mol. The first-order valence-electron chi connectivity index (χ1n) is 9.40. The fourth-order valence-electron chi connectivity index (χ4n) is 0. The van der Waals surface area contributed by atoms with Crippen molar-refractivity contribution in [1.29, 1.82) is 0 Å².